The number of fused-ring (bicyclic) bond motifs is 1. The van der Waals surface area contributed by atoms with Gasteiger partial charge in [0.2, 0.25) is 0 Å². The lowest BCUT2D eigenvalue weighted by molar-refractivity contribution is 0.0677. The molecule has 0 spiro atoms. The zero-order chi connectivity index (χ0) is 18.1. The minimum atomic E-state index is -0.0474. The Kier molecular flexibility index (Phi) is 4.72. The fraction of sp³-hybridized carbons (Fsp3) is 0.476. The lowest BCUT2D eigenvalue weighted by Crippen LogP contribution is -2.37. The molecule has 0 unspecified atom stereocenters. The number of aromatic nitrogens is 2. The van der Waals surface area contributed by atoms with Crippen LogP contribution in [0.5, 0.6) is 0 Å². The molecule has 0 saturated carbocycles. The molecule has 2 aliphatic rings. The number of hydrogen-bond donors (Lipinski definition) is 1. The van der Waals surface area contributed by atoms with Crippen molar-refractivity contribution in [1.29, 1.82) is 0 Å². The van der Waals surface area contributed by atoms with Gasteiger partial charge < -0.3 is 10.0 Å². The summed E-state index contributed by atoms with van der Waals surface area (Å²) in [6.45, 7) is 2.82. The molecule has 1 aromatic carbocycles. The van der Waals surface area contributed by atoms with Crippen LogP contribution in [0, 0.1) is 6.92 Å². The first kappa shape index (κ1) is 17.2. The highest BCUT2D eigenvalue weighted by Gasteiger charge is 2.28. The SMILES string of the molecule is Cc1nc(-c2ccc(C(=O)N3CCC[C@H]3CO)cc2)nc2c1CCCC2. The van der Waals surface area contributed by atoms with Crippen LogP contribution >= 0.6 is 0 Å². The summed E-state index contributed by atoms with van der Waals surface area (Å²) in [5.41, 5.74) is 5.17. The standard InChI is InChI=1S/C21H25N3O2/c1-14-18-6-2-3-7-19(18)23-20(22-14)15-8-10-16(11-9-15)21(26)24-12-4-5-17(24)13-25/h8-11,17,25H,2-7,12-13H2,1H3/t17-/m0/s1. The molecule has 5 nitrogen and oxygen atoms in total. The average molecular weight is 351 g/mol. The van der Waals surface area contributed by atoms with Crippen LogP contribution in [0.2, 0.25) is 0 Å². The molecule has 0 radical (unpaired) electrons. The number of amides is 1. The van der Waals surface area contributed by atoms with Gasteiger partial charge in [0.25, 0.3) is 5.91 Å². The first-order valence-electron chi connectivity index (χ1n) is 9.56. The predicted molar refractivity (Wildman–Crippen MR) is 100.0 cm³/mol. The summed E-state index contributed by atoms with van der Waals surface area (Å²) in [4.78, 5) is 24.0. The van der Waals surface area contributed by atoms with Gasteiger partial charge in [0, 0.05) is 29.1 Å². The molecule has 2 aromatic rings. The molecule has 4 rings (SSSR count). The van der Waals surface area contributed by atoms with Crippen molar-refractivity contribution in [3.8, 4) is 11.4 Å². The molecule has 2 heterocycles. The van der Waals surface area contributed by atoms with Gasteiger partial charge in [0.15, 0.2) is 5.82 Å². The van der Waals surface area contributed by atoms with Gasteiger partial charge in [-0.05, 0) is 63.1 Å². The van der Waals surface area contributed by atoms with Gasteiger partial charge in [-0.25, -0.2) is 9.97 Å². The molecule has 0 bridgehead atoms. The van der Waals surface area contributed by atoms with E-state index >= 15 is 0 Å². The van der Waals surface area contributed by atoms with Crippen molar-refractivity contribution in [2.75, 3.05) is 13.2 Å². The van der Waals surface area contributed by atoms with Crippen LogP contribution in [-0.2, 0) is 12.8 Å². The third kappa shape index (κ3) is 3.12. The summed E-state index contributed by atoms with van der Waals surface area (Å²) in [6.07, 6.45) is 6.35. The second kappa shape index (κ2) is 7.16. The highest BCUT2D eigenvalue weighted by Crippen LogP contribution is 2.26. The Bertz CT molecular complexity index is 817. The Balaban J connectivity index is 1.58. The van der Waals surface area contributed by atoms with Crippen LogP contribution in [0.3, 0.4) is 0 Å². The van der Waals surface area contributed by atoms with Crippen molar-refractivity contribution in [2.45, 2.75) is 51.5 Å². The topological polar surface area (TPSA) is 66.3 Å². The molecule has 1 aromatic heterocycles. The summed E-state index contributed by atoms with van der Waals surface area (Å²) >= 11 is 0. The quantitative estimate of drug-likeness (QED) is 0.923. The Morgan fingerprint density at radius 1 is 1.15 bits per heavy atom. The summed E-state index contributed by atoms with van der Waals surface area (Å²) in [6, 6.07) is 7.52. The number of hydrogen-bond acceptors (Lipinski definition) is 4. The van der Waals surface area contributed by atoms with E-state index in [4.69, 9.17) is 9.97 Å². The first-order chi connectivity index (χ1) is 12.7. The van der Waals surface area contributed by atoms with Gasteiger partial charge in [0.1, 0.15) is 0 Å². The van der Waals surface area contributed by atoms with Crippen molar-refractivity contribution in [1.82, 2.24) is 14.9 Å². The Hall–Kier alpha value is -2.27. The third-order valence-electron chi connectivity index (χ3n) is 5.63. The summed E-state index contributed by atoms with van der Waals surface area (Å²) in [5.74, 6) is 0.743. The molecule has 1 aliphatic carbocycles. The number of aryl methyl sites for hydroxylation is 2. The number of rotatable bonds is 3. The summed E-state index contributed by atoms with van der Waals surface area (Å²) in [5, 5.41) is 9.44. The normalized spacial score (nSPS) is 19.5. The van der Waals surface area contributed by atoms with Crippen LogP contribution in [0.4, 0.5) is 0 Å². The smallest absolute Gasteiger partial charge is 0.254 e. The van der Waals surface area contributed by atoms with Gasteiger partial charge in [-0.1, -0.05) is 12.1 Å². The van der Waals surface area contributed by atoms with Crippen molar-refractivity contribution in [2.24, 2.45) is 0 Å². The van der Waals surface area contributed by atoms with E-state index in [1.165, 1.54) is 24.1 Å². The molecule has 5 heteroatoms. The van der Waals surface area contributed by atoms with E-state index in [1.54, 1.807) is 4.90 Å². The van der Waals surface area contributed by atoms with Crippen molar-refractivity contribution >= 4 is 5.91 Å². The fourth-order valence-corrected chi connectivity index (χ4v) is 4.13. The predicted octanol–water partition coefficient (Wildman–Crippen LogP) is 2.93. The molecule has 136 valence electrons. The minimum Gasteiger partial charge on any atom is -0.394 e. The number of aliphatic hydroxyl groups excluding tert-OH is 1. The molecule has 1 aliphatic heterocycles. The van der Waals surface area contributed by atoms with E-state index in [9.17, 15) is 9.90 Å². The maximum atomic E-state index is 12.7. The molecule has 1 fully saturated rings. The molecule has 1 amide bonds. The zero-order valence-electron chi connectivity index (χ0n) is 15.2. The number of benzene rings is 1. The van der Waals surface area contributed by atoms with Crippen molar-refractivity contribution in [3.63, 3.8) is 0 Å². The van der Waals surface area contributed by atoms with Crippen LogP contribution < -0.4 is 0 Å². The van der Waals surface area contributed by atoms with E-state index in [0.717, 1.165) is 49.3 Å². The fourth-order valence-electron chi connectivity index (χ4n) is 4.13. The van der Waals surface area contributed by atoms with E-state index < -0.39 is 0 Å². The van der Waals surface area contributed by atoms with E-state index in [0.29, 0.717) is 5.56 Å². The minimum absolute atomic E-state index is 0.00404. The molecule has 1 saturated heterocycles. The molecular weight excluding hydrogens is 326 g/mol. The van der Waals surface area contributed by atoms with Crippen LogP contribution in [0.25, 0.3) is 11.4 Å². The summed E-state index contributed by atoms with van der Waals surface area (Å²) < 4.78 is 0. The summed E-state index contributed by atoms with van der Waals surface area (Å²) in [7, 11) is 0. The lowest BCUT2D eigenvalue weighted by Gasteiger charge is -2.23. The largest absolute Gasteiger partial charge is 0.394 e. The number of aliphatic hydroxyl groups is 1. The average Bonchev–Trinajstić information content (AvgIpc) is 3.16. The third-order valence-corrected chi connectivity index (χ3v) is 5.63. The lowest BCUT2D eigenvalue weighted by atomic mass is 9.95. The van der Waals surface area contributed by atoms with Crippen molar-refractivity contribution < 1.29 is 9.90 Å². The number of nitrogens with zero attached hydrogens (tertiary/aromatic N) is 3. The second-order valence-electron chi connectivity index (χ2n) is 7.32. The van der Waals surface area contributed by atoms with E-state index in [2.05, 4.69) is 6.92 Å². The molecular formula is C21H25N3O2. The monoisotopic (exact) mass is 351 g/mol. The highest BCUT2D eigenvalue weighted by molar-refractivity contribution is 5.95. The van der Waals surface area contributed by atoms with Crippen LogP contribution in [0.1, 0.15) is 53.0 Å². The first-order valence-corrected chi connectivity index (χ1v) is 9.56. The molecule has 1 N–H and O–H groups in total. The highest BCUT2D eigenvalue weighted by atomic mass is 16.3. The van der Waals surface area contributed by atoms with Gasteiger partial charge in [0.05, 0.1) is 12.6 Å². The Morgan fingerprint density at radius 2 is 1.92 bits per heavy atom. The maximum absolute atomic E-state index is 12.7. The van der Waals surface area contributed by atoms with Gasteiger partial charge in [-0.15, -0.1) is 0 Å². The number of carbonyl (C=O) groups is 1. The number of likely N-dealkylation sites (tertiary alicyclic amines) is 1. The van der Waals surface area contributed by atoms with Crippen molar-refractivity contribution in [3.05, 3.63) is 46.8 Å². The second-order valence-corrected chi connectivity index (χ2v) is 7.32. The van der Waals surface area contributed by atoms with E-state index in [1.807, 2.05) is 24.3 Å². The van der Waals surface area contributed by atoms with Gasteiger partial charge in [-0.2, -0.15) is 0 Å². The van der Waals surface area contributed by atoms with Crippen LogP contribution in [-0.4, -0.2) is 45.1 Å². The van der Waals surface area contributed by atoms with Gasteiger partial charge >= 0.3 is 0 Å². The zero-order valence-corrected chi connectivity index (χ0v) is 15.2. The number of carbonyl (C=O) groups excluding carboxylic acids is 1. The Labute approximate surface area is 154 Å². The maximum Gasteiger partial charge on any atom is 0.254 e. The van der Waals surface area contributed by atoms with Crippen LogP contribution in [0.15, 0.2) is 24.3 Å². The Morgan fingerprint density at radius 3 is 2.69 bits per heavy atom. The van der Waals surface area contributed by atoms with Gasteiger partial charge in [-0.3, -0.25) is 4.79 Å². The molecule has 26 heavy (non-hydrogen) atoms. The molecule has 1 atom stereocenters. The van der Waals surface area contributed by atoms with E-state index in [-0.39, 0.29) is 18.6 Å².